The number of sulfone groups is 1. The van der Waals surface area contributed by atoms with Crippen LogP contribution in [-0.2, 0) is 9.84 Å². The summed E-state index contributed by atoms with van der Waals surface area (Å²) < 4.78 is 37.0. The van der Waals surface area contributed by atoms with Crippen molar-refractivity contribution < 1.29 is 17.9 Å². The molecule has 10 heteroatoms. The zero-order valence-electron chi connectivity index (χ0n) is 17.5. The van der Waals surface area contributed by atoms with Gasteiger partial charge >= 0.3 is 0 Å². The fraction of sp³-hybridized carbons (Fsp3) is 0.318. The maximum atomic E-state index is 13.1. The van der Waals surface area contributed by atoms with E-state index in [1.807, 2.05) is 23.6 Å². The smallest absolute Gasteiger partial charge is 0.185 e. The van der Waals surface area contributed by atoms with E-state index in [4.69, 9.17) is 37.7 Å². The Hall–Kier alpha value is -2.00. The number of methoxy groups -OCH3 is 2. The first-order chi connectivity index (χ1) is 15.3. The maximum Gasteiger partial charge on any atom is 0.185 e. The van der Waals surface area contributed by atoms with Gasteiger partial charge in [0, 0.05) is 35.1 Å². The lowest BCUT2D eigenvalue weighted by Crippen LogP contribution is -2.39. The van der Waals surface area contributed by atoms with Gasteiger partial charge in [-0.25, -0.2) is 13.4 Å². The maximum absolute atomic E-state index is 13.1. The van der Waals surface area contributed by atoms with Crippen LogP contribution in [0, 0.1) is 0 Å². The number of hydrogen-bond donors (Lipinski definition) is 0. The summed E-state index contributed by atoms with van der Waals surface area (Å²) in [6.07, 6.45) is 0.984. The molecule has 6 nitrogen and oxygen atoms in total. The number of piperidine rings is 1. The third-order valence-corrected chi connectivity index (χ3v) is 9.41. The van der Waals surface area contributed by atoms with E-state index in [0.29, 0.717) is 42.5 Å². The van der Waals surface area contributed by atoms with Gasteiger partial charge in [0.2, 0.25) is 0 Å². The van der Waals surface area contributed by atoms with Crippen LogP contribution in [-0.4, -0.2) is 46.0 Å². The van der Waals surface area contributed by atoms with E-state index in [1.165, 1.54) is 23.5 Å². The zero-order chi connectivity index (χ0) is 22.9. The summed E-state index contributed by atoms with van der Waals surface area (Å²) in [6, 6.07) is 10.2. The number of anilines is 1. The van der Waals surface area contributed by atoms with Crippen LogP contribution in [0.15, 0.2) is 46.7 Å². The van der Waals surface area contributed by atoms with E-state index >= 15 is 0 Å². The lowest BCUT2D eigenvalue weighted by molar-refractivity contribution is 0.395. The summed E-state index contributed by atoms with van der Waals surface area (Å²) in [5, 5.41) is 2.89. The quantitative estimate of drug-likeness (QED) is 0.429. The van der Waals surface area contributed by atoms with Crippen LogP contribution in [0.25, 0.3) is 11.3 Å². The summed E-state index contributed by atoms with van der Waals surface area (Å²) in [5.74, 6) is 1.40. The van der Waals surface area contributed by atoms with Gasteiger partial charge in [-0.05, 0) is 43.2 Å². The molecular formula is C22H22Cl2N2O4S2. The molecule has 32 heavy (non-hydrogen) atoms. The van der Waals surface area contributed by atoms with Gasteiger partial charge in [-0.2, -0.15) is 0 Å². The second-order valence-electron chi connectivity index (χ2n) is 7.39. The van der Waals surface area contributed by atoms with Crippen molar-refractivity contribution in [2.75, 3.05) is 32.2 Å². The van der Waals surface area contributed by atoms with Crippen LogP contribution in [0.5, 0.6) is 11.5 Å². The molecule has 0 amide bonds. The van der Waals surface area contributed by atoms with Crippen LogP contribution in [0.2, 0.25) is 10.0 Å². The standard InChI is InChI=1S/C22H22Cl2N2O4S2/c1-29-15-4-5-17(20(12-15)30-2)19-13-31-22(25-19)26-9-7-16(8-10-26)32(27,28)21-11-14(23)3-6-18(21)24/h3-6,11-13,16H,7-10H2,1-2H3. The lowest BCUT2D eigenvalue weighted by Gasteiger charge is -2.31. The van der Waals surface area contributed by atoms with Crippen molar-refractivity contribution in [1.29, 1.82) is 0 Å². The molecule has 170 valence electrons. The molecule has 0 N–H and O–H groups in total. The second-order valence-corrected chi connectivity index (χ2v) is 11.3. The van der Waals surface area contributed by atoms with Crippen LogP contribution < -0.4 is 14.4 Å². The molecule has 1 fully saturated rings. The normalized spacial score (nSPS) is 15.1. The molecule has 1 aromatic heterocycles. The van der Waals surface area contributed by atoms with E-state index in [1.54, 1.807) is 20.3 Å². The molecule has 0 saturated carbocycles. The van der Waals surface area contributed by atoms with Gasteiger partial charge in [-0.1, -0.05) is 23.2 Å². The van der Waals surface area contributed by atoms with E-state index in [2.05, 4.69) is 4.90 Å². The number of hydrogen-bond acceptors (Lipinski definition) is 7. The highest BCUT2D eigenvalue weighted by Crippen LogP contribution is 2.37. The number of benzene rings is 2. The molecule has 0 radical (unpaired) electrons. The first-order valence-corrected chi connectivity index (χ1v) is 13.1. The Balaban J connectivity index is 1.49. The number of nitrogens with zero attached hydrogens (tertiary/aromatic N) is 2. The van der Waals surface area contributed by atoms with Crippen molar-refractivity contribution in [2.45, 2.75) is 23.0 Å². The van der Waals surface area contributed by atoms with E-state index in [-0.39, 0.29) is 9.92 Å². The minimum absolute atomic E-state index is 0.105. The molecule has 2 heterocycles. The van der Waals surface area contributed by atoms with Gasteiger partial charge in [0.25, 0.3) is 0 Å². The van der Waals surface area contributed by atoms with Crippen molar-refractivity contribution >= 4 is 49.5 Å². The molecule has 3 aromatic rings. The SMILES string of the molecule is COc1ccc(-c2csc(N3CCC(S(=O)(=O)c4cc(Cl)ccc4Cl)CC3)n2)c(OC)c1. The molecule has 2 aromatic carbocycles. The first-order valence-electron chi connectivity index (χ1n) is 9.95. The van der Waals surface area contributed by atoms with Crippen LogP contribution in [0.3, 0.4) is 0 Å². The fourth-order valence-electron chi connectivity index (χ4n) is 3.78. The molecule has 0 unspecified atom stereocenters. The van der Waals surface area contributed by atoms with Crippen LogP contribution >= 0.6 is 34.5 Å². The molecule has 0 spiro atoms. The molecular weight excluding hydrogens is 491 g/mol. The Labute approximate surface area is 201 Å². The Morgan fingerprint density at radius 2 is 1.81 bits per heavy atom. The minimum Gasteiger partial charge on any atom is -0.497 e. The number of thiazole rings is 1. The lowest BCUT2D eigenvalue weighted by atomic mass is 10.1. The average molecular weight is 513 g/mol. The number of halogens is 2. The van der Waals surface area contributed by atoms with Gasteiger partial charge < -0.3 is 14.4 Å². The first kappa shape index (κ1) is 23.2. The molecule has 0 bridgehead atoms. The summed E-state index contributed by atoms with van der Waals surface area (Å²) in [4.78, 5) is 7.00. The van der Waals surface area contributed by atoms with Gasteiger partial charge in [-0.3, -0.25) is 0 Å². The monoisotopic (exact) mass is 512 g/mol. The average Bonchev–Trinajstić information content (AvgIpc) is 3.30. The van der Waals surface area contributed by atoms with Gasteiger partial charge in [-0.15, -0.1) is 11.3 Å². The summed E-state index contributed by atoms with van der Waals surface area (Å²) in [5.41, 5.74) is 1.69. The molecule has 1 aliphatic heterocycles. The fourth-order valence-corrected chi connectivity index (χ4v) is 7.15. The van der Waals surface area contributed by atoms with Gasteiger partial charge in [0.05, 0.1) is 35.1 Å². The minimum atomic E-state index is -3.56. The van der Waals surface area contributed by atoms with Crippen LogP contribution in [0.1, 0.15) is 12.8 Å². The second kappa shape index (κ2) is 9.47. The van der Waals surface area contributed by atoms with Crippen molar-refractivity contribution in [1.82, 2.24) is 4.98 Å². The van der Waals surface area contributed by atoms with E-state index in [9.17, 15) is 8.42 Å². The summed E-state index contributed by atoms with van der Waals surface area (Å²) in [6.45, 7) is 1.18. The Bertz CT molecular complexity index is 1220. The highest BCUT2D eigenvalue weighted by atomic mass is 35.5. The topological polar surface area (TPSA) is 68.7 Å². The number of aromatic nitrogens is 1. The molecule has 4 rings (SSSR count). The predicted octanol–water partition coefficient (Wildman–Crippen LogP) is 5.58. The van der Waals surface area contributed by atoms with E-state index < -0.39 is 15.1 Å². The predicted molar refractivity (Wildman–Crippen MR) is 130 cm³/mol. The Morgan fingerprint density at radius 3 is 2.50 bits per heavy atom. The summed E-state index contributed by atoms with van der Waals surface area (Å²) >= 11 is 13.7. The Morgan fingerprint density at radius 1 is 1.06 bits per heavy atom. The molecule has 1 aliphatic rings. The largest absolute Gasteiger partial charge is 0.497 e. The molecule has 0 aliphatic carbocycles. The molecule has 0 atom stereocenters. The van der Waals surface area contributed by atoms with Crippen molar-refractivity contribution in [3.05, 3.63) is 51.8 Å². The number of rotatable bonds is 6. The van der Waals surface area contributed by atoms with E-state index in [0.717, 1.165) is 16.4 Å². The van der Waals surface area contributed by atoms with Crippen LogP contribution in [0.4, 0.5) is 5.13 Å². The number of ether oxygens (including phenoxy) is 2. The summed E-state index contributed by atoms with van der Waals surface area (Å²) in [7, 11) is -0.338. The van der Waals surface area contributed by atoms with Crippen molar-refractivity contribution in [3.63, 3.8) is 0 Å². The third-order valence-electron chi connectivity index (χ3n) is 5.53. The van der Waals surface area contributed by atoms with Crippen molar-refractivity contribution in [2.24, 2.45) is 0 Å². The molecule has 1 saturated heterocycles. The van der Waals surface area contributed by atoms with Crippen molar-refractivity contribution in [3.8, 4) is 22.8 Å². The van der Waals surface area contributed by atoms with Gasteiger partial charge in [0.15, 0.2) is 15.0 Å². The zero-order valence-corrected chi connectivity index (χ0v) is 20.7. The van der Waals surface area contributed by atoms with Gasteiger partial charge in [0.1, 0.15) is 11.5 Å². The highest BCUT2D eigenvalue weighted by molar-refractivity contribution is 7.92. The third kappa shape index (κ3) is 4.55. The Kier molecular flexibility index (Phi) is 6.86. The highest BCUT2D eigenvalue weighted by Gasteiger charge is 2.33.